The fourth-order valence-electron chi connectivity index (χ4n) is 4.07. The average molecular weight is 453 g/mol. The predicted molar refractivity (Wildman–Crippen MR) is 125 cm³/mol. The minimum absolute atomic E-state index is 0.0112. The highest BCUT2D eigenvalue weighted by Crippen LogP contribution is 2.32. The molecule has 1 fully saturated rings. The Morgan fingerprint density at radius 3 is 2.69 bits per heavy atom. The van der Waals surface area contributed by atoms with Crippen molar-refractivity contribution in [3.05, 3.63) is 45.6 Å². The molecule has 0 spiro atoms. The Balaban J connectivity index is 1.57. The zero-order valence-electron chi connectivity index (χ0n) is 19.1. The van der Waals surface area contributed by atoms with Crippen LogP contribution >= 0.6 is 11.3 Å². The summed E-state index contributed by atoms with van der Waals surface area (Å²) in [6.07, 6.45) is 6.45. The van der Waals surface area contributed by atoms with Crippen molar-refractivity contribution in [2.45, 2.75) is 53.0 Å². The third-order valence-electron chi connectivity index (χ3n) is 5.70. The maximum atomic E-state index is 13.2. The highest BCUT2D eigenvalue weighted by molar-refractivity contribution is 7.15. The van der Waals surface area contributed by atoms with Crippen molar-refractivity contribution in [3.63, 3.8) is 0 Å². The van der Waals surface area contributed by atoms with E-state index in [0.717, 1.165) is 46.9 Å². The molecule has 1 aliphatic heterocycles. The smallest absolute Gasteiger partial charge is 0.247 e. The number of carbonyl (C=O) groups excluding carboxylic acids is 1. The number of piperidine rings is 1. The molecule has 0 bridgehead atoms. The molecule has 1 amide bonds. The van der Waals surface area contributed by atoms with Crippen LogP contribution < -0.4 is 5.32 Å². The highest BCUT2D eigenvalue weighted by Gasteiger charge is 2.28. The highest BCUT2D eigenvalue weighted by atomic mass is 32.1. The van der Waals surface area contributed by atoms with Gasteiger partial charge in [0.25, 0.3) is 0 Å². The summed E-state index contributed by atoms with van der Waals surface area (Å²) in [4.78, 5) is 24.3. The van der Waals surface area contributed by atoms with E-state index < -0.39 is 0 Å². The summed E-state index contributed by atoms with van der Waals surface area (Å²) in [5.74, 6) is 1.31. The van der Waals surface area contributed by atoms with E-state index in [1.807, 2.05) is 56.5 Å². The molecule has 32 heavy (non-hydrogen) atoms. The van der Waals surface area contributed by atoms with Crippen LogP contribution in [0.4, 0.5) is 10.9 Å². The number of anilines is 2. The molecule has 1 aliphatic rings. The van der Waals surface area contributed by atoms with Crippen LogP contribution in [0.3, 0.4) is 0 Å². The zero-order valence-corrected chi connectivity index (χ0v) is 19.9. The van der Waals surface area contributed by atoms with Crippen molar-refractivity contribution < 1.29 is 4.79 Å². The summed E-state index contributed by atoms with van der Waals surface area (Å²) >= 11 is 1.47. The molecule has 0 radical (unpaired) electrons. The Labute approximate surface area is 191 Å². The first-order valence-electron chi connectivity index (χ1n) is 10.7. The fraction of sp³-hybridized carbons (Fsp3) is 0.455. The molecular weight excluding hydrogens is 424 g/mol. The van der Waals surface area contributed by atoms with Gasteiger partial charge in [-0.25, -0.2) is 9.97 Å². The summed E-state index contributed by atoms with van der Waals surface area (Å²) in [7, 11) is 1.91. The lowest BCUT2D eigenvalue weighted by Crippen LogP contribution is -2.38. The first kappa shape index (κ1) is 22.1. The van der Waals surface area contributed by atoms with Crippen LogP contribution in [-0.2, 0) is 11.8 Å². The van der Waals surface area contributed by atoms with Gasteiger partial charge < -0.3 is 10.2 Å². The van der Waals surface area contributed by atoms with Gasteiger partial charge in [-0.1, -0.05) is 11.3 Å². The van der Waals surface area contributed by atoms with E-state index in [2.05, 4.69) is 30.6 Å². The second-order valence-corrected chi connectivity index (χ2v) is 9.24. The van der Waals surface area contributed by atoms with Gasteiger partial charge >= 0.3 is 0 Å². The van der Waals surface area contributed by atoms with Crippen LogP contribution in [0.25, 0.3) is 6.08 Å². The van der Waals surface area contributed by atoms with Crippen LogP contribution in [0.1, 0.15) is 58.8 Å². The lowest BCUT2D eigenvalue weighted by molar-refractivity contribution is -0.129. The van der Waals surface area contributed by atoms with Gasteiger partial charge in [0.05, 0.1) is 17.4 Å². The van der Waals surface area contributed by atoms with E-state index in [9.17, 15) is 4.79 Å². The molecule has 4 rings (SSSR count). The summed E-state index contributed by atoms with van der Waals surface area (Å²) < 4.78 is 1.83. The summed E-state index contributed by atoms with van der Waals surface area (Å²) in [5.41, 5.74) is 3.79. The standard InChI is InChI=1S/C22H28N8OS/c1-13-17(14(2)29(5)28-13)9-10-21(31)30-11-7-6-8-19(30)18-12-20(24-15(3)23-18)25-22-27-26-16(4)32-22/h9-10,12,19H,6-8,11H2,1-5H3,(H,23,24,25,27)/b10-9+/t19-/m1/s1. The normalized spacial score (nSPS) is 16.7. The minimum atomic E-state index is -0.0876. The SMILES string of the molecule is Cc1nc(Nc2nnc(C)s2)cc([C@H]2CCCCN2C(=O)/C=C/c2c(C)nn(C)c2C)n1. The van der Waals surface area contributed by atoms with Gasteiger partial charge in [-0.05, 0) is 53.0 Å². The average Bonchev–Trinajstić information content (AvgIpc) is 3.27. The fourth-order valence-corrected chi connectivity index (χ4v) is 4.67. The van der Waals surface area contributed by atoms with E-state index in [1.165, 1.54) is 11.3 Å². The third-order valence-corrected chi connectivity index (χ3v) is 6.46. The number of amides is 1. The Morgan fingerprint density at radius 2 is 2.00 bits per heavy atom. The summed E-state index contributed by atoms with van der Waals surface area (Å²) in [5, 5.41) is 17.4. The first-order valence-corrected chi connectivity index (χ1v) is 11.5. The first-order chi connectivity index (χ1) is 15.3. The maximum absolute atomic E-state index is 13.2. The number of carbonyl (C=O) groups is 1. The Bertz CT molecular complexity index is 1160. The lowest BCUT2D eigenvalue weighted by atomic mass is 9.98. The van der Waals surface area contributed by atoms with Gasteiger partial charge in [0.2, 0.25) is 11.0 Å². The predicted octanol–water partition coefficient (Wildman–Crippen LogP) is 3.81. The van der Waals surface area contributed by atoms with Crippen molar-refractivity contribution in [2.24, 2.45) is 7.05 Å². The quantitative estimate of drug-likeness (QED) is 0.587. The number of likely N-dealkylation sites (tertiary alicyclic amines) is 1. The number of aryl methyl sites for hydroxylation is 4. The molecule has 3 aromatic rings. The molecule has 0 saturated carbocycles. The molecule has 1 N–H and O–H groups in total. The molecule has 0 aliphatic carbocycles. The molecule has 0 unspecified atom stereocenters. The maximum Gasteiger partial charge on any atom is 0.247 e. The second-order valence-electron chi connectivity index (χ2n) is 8.06. The zero-order chi connectivity index (χ0) is 22.8. The number of rotatable bonds is 5. The second kappa shape index (κ2) is 9.15. The van der Waals surface area contributed by atoms with E-state index in [1.54, 1.807) is 6.08 Å². The van der Waals surface area contributed by atoms with Gasteiger partial charge in [0, 0.05) is 37.0 Å². The van der Waals surface area contributed by atoms with Crippen LogP contribution in [0.15, 0.2) is 12.1 Å². The monoisotopic (exact) mass is 452 g/mol. The van der Waals surface area contributed by atoms with Gasteiger partial charge in [-0.3, -0.25) is 9.48 Å². The van der Waals surface area contributed by atoms with Gasteiger partial charge in [0.1, 0.15) is 16.6 Å². The van der Waals surface area contributed by atoms with Crippen LogP contribution in [0, 0.1) is 27.7 Å². The van der Waals surface area contributed by atoms with Gasteiger partial charge in [-0.15, -0.1) is 10.2 Å². The van der Waals surface area contributed by atoms with Gasteiger partial charge in [0.15, 0.2) is 0 Å². The van der Waals surface area contributed by atoms with Crippen LogP contribution in [0.2, 0.25) is 0 Å². The van der Waals surface area contributed by atoms with E-state index in [4.69, 9.17) is 0 Å². The van der Waals surface area contributed by atoms with Crippen molar-refractivity contribution >= 4 is 34.3 Å². The number of nitrogens with zero attached hydrogens (tertiary/aromatic N) is 7. The molecule has 168 valence electrons. The molecule has 3 aromatic heterocycles. The van der Waals surface area contributed by atoms with Crippen LogP contribution in [-0.4, -0.2) is 47.3 Å². The molecule has 4 heterocycles. The van der Waals surface area contributed by atoms with E-state index in [0.29, 0.717) is 23.3 Å². The van der Waals surface area contributed by atoms with Crippen LogP contribution in [0.5, 0.6) is 0 Å². The van der Waals surface area contributed by atoms with E-state index in [-0.39, 0.29) is 11.9 Å². The number of hydrogen-bond acceptors (Lipinski definition) is 8. The van der Waals surface area contributed by atoms with Gasteiger partial charge in [-0.2, -0.15) is 5.10 Å². The van der Waals surface area contributed by atoms with E-state index >= 15 is 0 Å². The molecule has 1 saturated heterocycles. The summed E-state index contributed by atoms with van der Waals surface area (Å²) in [6.45, 7) is 8.44. The third kappa shape index (κ3) is 4.69. The largest absolute Gasteiger partial charge is 0.331 e. The number of nitrogens with one attached hydrogen (secondary N) is 1. The van der Waals surface area contributed by atoms with Crippen molar-refractivity contribution in [2.75, 3.05) is 11.9 Å². The summed E-state index contributed by atoms with van der Waals surface area (Å²) in [6, 6.07) is 1.83. The molecule has 9 nitrogen and oxygen atoms in total. The number of aromatic nitrogens is 6. The minimum Gasteiger partial charge on any atom is -0.331 e. The van der Waals surface area contributed by atoms with Crippen molar-refractivity contribution in [1.29, 1.82) is 0 Å². The molecular formula is C22H28N8OS. The van der Waals surface area contributed by atoms with Crippen molar-refractivity contribution in [3.8, 4) is 0 Å². The number of hydrogen-bond donors (Lipinski definition) is 1. The lowest BCUT2D eigenvalue weighted by Gasteiger charge is -2.35. The Kier molecular flexibility index (Phi) is 6.31. The topological polar surface area (TPSA) is 102 Å². The van der Waals surface area contributed by atoms with Crippen molar-refractivity contribution in [1.82, 2.24) is 34.8 Å². The molecule has 10 heteroatoms. The molecule has 1 atom stereocenters. The Morgan fingerprint density at radius 1 is 1.19 bits per heavy atom. The molecule has 0 aromatic carbocycles. The Hall–Kier alpha value is -3.14.